The number of hydrogen-bond acceptors (Lipinski definition) is 3. The van der Waals surface area contributed by atoms with Crippen LogP contribution in [0.2, 0.25) is 0 Å². The predicted octanol–water partition coefficient (Wildman–Crippen LogP) is 2.50. The quantitative estimate of drug-likeness (QED) is 0.878. The summed E-state index contributed by atoms with van der Waals surface area (Å²) >= 11 is 0. The summed E-state index contributed by atoms with van der Waals surface area (Å²) in [5.74, 6) is 0.823. The van der Waals surface area contributed by atoms with Crippen molar-refractivity contribution in [3.63, 3.8) is 0 Å². The lowest BCUT2D eigenvalue weighted by Gasteiger charge is -2.29. The van der Waals surface area contributed by atoms with Gasteiger partial charge in [-0.15, -0.1) is 0 Å². The molecule has 0 radical (unpaired) electrons. The highest BCUT2D eigenvalue weighted by Crippen LogP contribution is 2.20. The van der Waals surface area contributed by atoms with E-state index in [1.54, 1.807) is 0 Å². The zero-order valence-corrected chi connectivity index (χ0v) is 12.5. The van der Waals surface area contributed by atoms with E-state index in [2.05, 4.69) is 60.5 Å². The van der Waals surface area contributed by atoms with E-state index in [1.807, 2.05) is 0 Å². The van der Waals surface area contributed by atoms with Crippen LogP contribution in [0.25, 0.3) is 0 Å². The highest BCUT2D eigenvalue weighted by Gasteiger charge is 2.16. The summed E-state index contributed by atoms with van der Waals surface area (Å²) in [4.78, 5) is 4.65. The molecular formula is C16H27N3. The number of hydrogen-bond donors (Lipinski definition) is 1. The summed E-state index contributed by atoms with van der Waals surface area (Å²) in [5.41, 5.74) is 2.69. The summed E-state index contributed by atoms with van der Waals surface area (Å²) in [6, 6.07) is 8.67. The van der Waals surface area contributed by atoms with Gasteiger partial charge in [0.25, 0.3) is 0 Å². The number of anilines is 1. The minimum atomic E-state index is 0.823. The first-order chi connectivity index (χ1) is 9.15. The molecule has 0 aromatic heterocycles. The van der Waals surface area contributed by atoms with Crippen molar-refractivity contribution >= 4 is 5.69 Å². The molecule has 1 aromatic rings. The molecule has 1 heterocycles. The van der Waals surface area contributed by atoms with E-state index in [0.717, 1.165) is 19.0 Å². The minimum absolute atomic E-state index is 0.823. The summed E-state index contributed by atoms with van der Waals surface area (Å²) < 4.78 is 0. The number of benzene rings is 1. The Labute approximate surface area is 117 Å². The first-order valence-electron chi connectivity index (χ1n) is 7.30. The van der Waals surface area contributed by atoms with Gasteiger partial charge in [-0.2, -0.15) is 0 Å². The van der Waals surface area contributed by atoms with Crippen LogP contribution < -0.4 is 5.32 Å². The van der Waals surface area contributed by atoms with Gasteiger partial charge in [-0.05, 0) is 64.6 Å². The Morgan fingerprint density at radius 2 is 1.89 bits per heavy atom. The molecule has 2 rings (SSSR count). The van der Waals surface area contributed by atoms with E-state index >= 15 is 0 Å². The summed E-state index contributed by atoms with van der Waals surface area (Å²) in [6.45, 7) is 4.59. The molecule has 19 heavy (non-hydrogen) atoms. The van der Waals surface area contributed by atoms with E-state index < -0.39 is 0 Å². The summed E-state index contributed by atoms with van der Waals surface area (Å²) in [7, 11) is 6.46. The van der Waals surface area contributed by atoms with Gasteiger partial charge in [0.15, 0.2) is 0 Å². The number of nitrogens with one attached hydrogen (secondary N) is 1. The van der Waals surface area contributed by atoms with Crippen LogP contribution in [-0.2, 0) is 6.54 Å². The molecule has 106 valence electrons. The van der Waals surface area contributed by atoms with Crippen molar-refractivity contribution in [2.75, 3.05) is 46.1 Å². The molecule has 1 saturated heterocycles. The van der Waals surface area contributed by atoms with Gasteiger partial charge in [-0.1, -0.05) is 18.2 Å². The van der Waals surface area contributed by atoms with Gasteiger partial charge >= 0.3 is 0 Å². The highest BCUT2D eigenvalue weighted by atomic mass is 15.1. The van der Waals surface area contributed by atoms with Crippen LogP contribution in [0.15, 0.2) is 24.3 Å². The standard InChI is InChI=1S/C16H27N3/c1-18(2)13-15-6-4-5-7-16(15)17-12-14-8-10-19(3)11-9-14/h4-7,14,17H,8-13H2,1-3H3. The maximum Gasteiger partial charge on any atom is 0.0385 e. The molecule has 3 heteroatoms. The van der Waals surface area contributed by atoms with Crippen LogP contribution in [0.1, 0.15) is 18.4 Å². The lowest BCUT2D eigenvalue weighted by Crippen LogP contribution is -2.33. The van der Waals surface area contributed by atoms with Crippen molar-refractivity contribution in [2.24, 2.45) is 5.92 Å². The van der Waals surface area contributed by atoms with E-state index in [1.165, 1.54) is 37.2 Å². The molecule has 0 bridgehead atoms. The van der Waals surface area contributed by atoms with Crippen molar-refractivity contribution in [1.82, 2.24) is 9.80 Å². The van der Waals surface area contributed by atoms with Crippen LogP contribution in [0.5, 0.6) is 0 Å². The molecule has 1 N–H and O–H groups in total. The molecule has 0 saturated carbocycles. The third-order valence-electron chi connectivity index (χ3n) is 3.92. The second-order valence-electron chi connectivity index (χ2n) is 6.02. The molecule has 1 fully saturated rings. The first-order valence-corrected chi connectivity index (χ1v) is 7.30. The Morgan fingerprint density at radius 1 is 1.21 bits per heavy atom. The van der Waals surface area contributed by atoms with Crippen molar-refractivity contribution in [1.29, 1.82) is 0 Å². The van der Waals surface area contributed by atoms with E-state index in [0.29, 0.717) is 0 Å². The molecule has 0 amide bonds. The molecule has 0 unspecified atom stereocenters. The lowest BCUT2D eigenvalue weighted by atomic mass is 9.97. The van der Waals surface area contributed by atoms with Gasteiger partial charge in [-0.3, -0.25) is 0 Å². The number of para-hydroxylation sites is 1. The van der Waals surface area contributed by atoms with Gasteiger partial charge in [0.1, 0.15) is 0 Å². The molecule has 1 aliphatic rings. The second kappa shape index (κ2) is 6.92. The lowest BCUT2D eigenvalue weighted by molar-refractivity contribution is 0.226. The predicted molar refractivity (Wildman–Crippen MR) is 82.5 cm³/mol. The highest BCUT2D eigenvalue weighted by molar-refractivity contribution is 5.51. The van der Waals surface area contributed by atoms with Gasteiger partial charge in [0.05, 0.1) is 0 Å². The van der Waals surface area contributed by atoms with Crippen LogP contribution in [0, 0.1) is 5.92 Å². The minimum Gasteiger partial charge on any atom is -0.385 e. The molecule has 1 aliphatic heterocycles. The van der Waals surface area contributed by atoms with Gasteiger partial charge in [0, 0.05) is 18.8 Å². The van der Waals surface area contributed by atoms with Crippen LogP contribution in [0.4, 0.5) is 5.69 Å². The topological polar surface area (TPSA) is 18.5 Å². The number of piperidine rings is 1. The second-order valence-corrected chi connectivity index (χ2v) is 6.02. The van der Waals surface area contributed by atoms with Crippen LogP contribution in [-0.4, -0.2) is 50.6 Å². The Bertz CT molecular complexity index is 381. The smallest absolute Gasteiger partial charge is 0.0385 e. The SMILES string of the molecule is CN(C)Cc1ccccc1NCC1CCN(C)CC1. The maximum absolute atomic E-state index is 3.66. The van der Waals surface area contributed by atoms with Crippen molar-refractivity contribution in [3.8, 4) is 0 Å². The van der Waals surface area contributed by atoms with Gasteiger partial charge in [-0.25, -0.2) is 0 Å². The summed E-state index contributed by atoms with van der Waals surface area (Å²) in [5, 5.41) is 3.66. The fraction of sp³-hybridized carbons (Fsp3) is 0.625. The van der Waals surface area contributed by atoms with E-state index in [4.69, 9.17) is 0 Å². The monoisotopic (exact) mass is 261 g/mol. The van der Waals surface area contributed by atoms with Crippen molar-refractivity contribution in [2.45, 2.75) is 19.4 Å². The third-order valence-corrected chi connectivity index (χ3v) is 3.92. The largest absolute Gasteiger partial charge is 0.385 e. The average Bonchev–Trinajstić information content (AvgIpc) is 2.39. The zero-order valence-electron chi connectivity index (χ0n) is 12.5. The Morgan fingerprint density at radius 3 is 2.58 bits per heavy atom. The number of likely N-dealkylation sites (tertiary alicyclic amines) is 1. The summed E-state index contributed by atoms with van der Waals surface area (Å²) in [6.07, 6.45) is 2.64. The maximum atomic E-state index is 3.66. The van der Waals surface area contributed by atoms with Crippen LogP contribution >= 0.6 is 0 Å². The van der Waals surface area contributed by atoms with Gasteiger partial charge < -0.3 is 15.1 Å². The fourth-order valence-electron chi connectivity index (χ4n) is 2.69. The molecule has 0 atom stereocenters. The van der Waals surface area contributed by atoms with Crippen molar-refractivity contribution < 1.29 is 0 Å². The Kier molecular flexibility index (Phi) is 5.23. The Balaban J connectivity index is 1.88. The van der Waals surface area contributed by atoms with E-state index in [-0.39, 0.29) is 0 Å². The van der Waals surface area contributed by atoms with Crippen LogP contribution in [0.3, 0.4) is 0 Å². The van der Waals surface area contributed by atoms with Crippen molar-refractivity contribution in [3.05, 3.63) is 29.8 Å². The molecule has 3 nitrogen and oxygen atoms in total. The Hall–Kier alpha value is -1.06. The zero-order chi connectivity index (χ0) is 13.7. The van der Waals surface area contributed by atoms with E-state index in [9.17, 15) is 0 Å². The average molecular weight is 261 g/mol. The molecule has 1 aromatic carbocycles. The molecule has 0 spiro atoms. The normalized spacial score (nSPS) is 17.9. The number of nitrogens with zero attached hydrogens (tertiary/aromatic N) is 2. The third kappa shape index (κ3) is 4.51. The molecule has 0 aliphatic carbocycles. The van der Waals surface area contributed by atoms with Gasteiger partial charge in [0.2, 0.25) is 0 Å². The molecular weight excluding hydrogens is 234 g/mol. The fourth-order valence-corrected chi connectivity index (χ4v) is 2.69. The first kappa shape index (κ1) is 14.4. The number of rotatable bonds is 5.